The van der Waals surface area contributed by atoms with Crippen LogP contribution in [0.25, 0.3) is 0 Å². The lowest BCUT2D eigenvalue weighted by Crippen LogP contribution is -2.37. The van der Waals surface area contributed by atoms with Crippen molar-refractivity contribution in [3.05, 3.63) is 59.2 Å². The fourth-order valence-electron chi connectivity index (χ4n) is 3.27. The summed E-state index contributed by atoms with van der Waals surface area (Å²) in [6, 6.07) is 13.2. The van der Waals surface area contributed by atoms with E-state index in [1.807, 2.05) is 53.9 Å². The van der Waals surface area contributed by atoms with Crippen LogP contribution in [0.2, 0.25) is 0 Å². The molecule has 1 fully saturated rings. The van der Waals surface area contributed by atoms with Crippen LogP contribution >= 0.6 is 11.8 Å². The Bertz CT molecular complexity index is 898. The molecule has 3 rings (SSSR count). The minimum atomic E-state index is -0.231. The van der Waals surface area contributed by atoms with Crippen molar-refractivity contribution in [2.45, 2.75) is 33.1 Å². The number of rotatable bonds is 5. The van der Waals surface area contributed by atoms with Gasteiger partial charge in [0.2, 0.25) is 0 Å². The van der Waals surface area contributed by atoms with Crippen LogP contribution < -0.4 is 10.1 Å². The number of benzene rings is 2. The average molecular weight is 427 g/mol. The summed E-state index contributed by atoms with van der Waals surface area (Å²) >= 11 is 1.87. The number of anilines is 1. The first-order chi connectivity index (χ1) is 14.2. The molecule has 2 aromatic carbocycles. The Morgan fingerprint density at radius 3 is 2.33 bits per heavy atom. The molecule has 2 amide bonds. The molecule has 30 heavy (non-hydrogen) atoms. The Balaban J connectivity index is 1.55. The van der Waals surface area contributed by atoms with Crippen molar-refractivity contribution < 1.29 is 14.3 Å². The Kier molecular flexibility index (Phi) is 7.08. The molecule has 0 spiro atoms. The maximum atomic E-state index is 12.6. The van der Waals surface area contributed by atoms with Gasteiger partial charge in [-0.3, -0.25) is 9.59 Å². The van der Waals surface area contributed by atoms with E-state index in [-0.39, 0.29) is 23.8 Å². The monoisotopic (exact) mass is 426 g/mol. The molecular formula is C24H30N2O3S. The van der Waals surface area contributed by atoms with Crippen LogP contribution in [-0.4, -0.2) is 47.9 Å². The molecule has 160 valence electrons. The Morgan fingerprint density at radius 1 is 1.07 bits per heavy atom. The summed E-state index contributed by atoms with van der Waals surface area (Å²) in [6.07, 6.45) is 0. The number of nitrogens with zero attached hydrogens (tertiary/aromatic N) is 1. The van der Waals surface area contributed by atoms with E-state index >= 15 is 0 Å². The number of nitrogens with one attached hydrogen (secondary N) is 1. The zero-order valence-corrected chi connectivity index (χ0v) is 19.0. The van der Waals surface area contributed by atoms with Crippen molar-refractivity contribution in [2.24, 2.45) is 0 Å². The largest absolute Gasteiger partial charge is 0.484 e. The minimum Gasteiger partial charge on any atom is -0.484 e. The predicted molar refractivity (Wildman–Crippen MR) is 124 cm³/mol. The minimum absolute atomic E-state index is 0.0540. The van der Waals surface area contributed by atoms with E-state index in [0.717, 1.165) is 30.2 Å². The van der Waals surface area contributed by atoms with E-state index in [0.29, 0.717) is 17.0 Å². The van der Waals surface area contributed by atoms with E-state index in [4.69, 9.17) is 4.74 Å². The zero-order chi connectivity index (χ0) is 21.7. The number of carbonyl (C=O) groups excluding carboxylic acids is 2. The second-order valence-corrected chi connectivity index (χ2v) is 9.77. The number of thioether (sulfide) groups is 1. The van der Waals surface area contributed by atoms with Gasteiger partial charge in [-0.2, -0.15) is 11.8 Å². The van der Waals surface area contributed by atoms with Gasteiger partial charge < -0.3 is 15.0 Å². The number of hydrogen-bond donors (Lipinski definition) is 1. The molecule has 0 unspecified atom stereocenters. The summed E-state index contributed by atoms with van der Waals surface area (Å²) in [6.45, 7) is 9.87. The van der Waals surface area contributed by atoms with Gasteiger partial charge in [0.25, 0.3) is 11.8 Å². The van der Waals surface area contributed by atoms with Gasteiger partial charge >= 0.3 is 0 Å². The number of aryl methyl sites for hydroxylation is 1. The first kappa shape index (κ1) is 22.2. The standard InChI is InChI=1S/C24H30N2O3S/c1-17-15-18(23(28)26-11-13-30-14-12-26)5-10-21(17)25-22(27)16-29-20-8-6-19(7-9-20)24(2,3)4/h5-10,15H,11-14,16H2,1-4H3,(H,25,27). The van der Waals surface area contributed by atoms with Gasteiger partial charge in [-0.15, -0.1) is 0 Å². The first-order valence-corrected chi connectivity index (χ1v) is 11.4. The number of hydrogen-bond acceptors (Lipinski definition) is 4. The smallest absolute Gasteiger partial charge is 0.262 e. The summed E-state index contributed by atoms with van der Waals surface area (Å²) < 4.78 is 5.61. The van der Waals surface area contributed by atoms with Crippen LogP contribution in [0.1, 0.15) is 42.3 Å². The normalized spacial score (nSPS) is 14.3. The van der Waals surface area contributed by atoms with Crippen molar-refractivity contribution >= 4 is 29.3 Å². The van der Waals surface area contributed by atoms with Crippen LogP contribution in [-0.2, 0) is 10.2 Å². The Morgan fingerprint density at radius 2 is 1.73 bits per heavy atom. The fourth-order valence-corrected chi connectivity index (χ4v) is 4.18. The molecule has 1 aliphatic heterocycles. The molecule has 1 N–H and O–H groups in total. The molecule has 5 nitrogen and oxygen atoms in total. The molecule has 0 atom stereocenters. The Hall–Kier alpha value is -2.47. The van der Waals surface area contributed by atoms with Crippen LogP contribution in [0.4, 0.5) is 5.69 Å². The van der Waals surface area contributed by atoms with Gasteiger partial charge in [-0.1, -0.05) is 32.9 Å². The summed E-state index contributed by atoms with van der Waals surface area (Å²) in [5.41, 5.74) is 3.50. The topological polar surface area (TPSA) is 58.6 Å². The zero-order valence-electron chi connectivity index (χ0n) is 18.2. The van der Waals surface area contributed by atoms with E-state index < -0.39 is 0 Å². The summed E-state index contributed by atoms with van der Waals surface area (Å²) in [4.78, 5) is 26.8. The maximum Gasteiger partial charge on any atom is 0.262 e. The third-order valence-corrected chi connectivity index (χ3v) is 6.08. The summed E-state index contributed by atoms with van der Waals surface area (Å²) in [7, 11) is 0. The SMILES string of the molecule is Cc1cc(C(=O)N2CCSCC2)ccc1NC(=O)COc1ccc(C(C)(C)C)cc1. The van der Waals surface area contributed by atoms with Gasteiger partial charge in [0.15, 0.2) is 6.61 Å². The molecule has 0 aliphatic carbocycles. The number of ether oxygens (including phenoxy) is 1. The average Bonchev–Trinajstić information content (AvgIpc) is 2.73. The molecule has 0 saturated carbocycles. The van der Waals surface area contributed by atoms with E-state index in [1.165, 1.54) is 5.56 Å². The molecule has 1 aliphatic rings. The third-order valence-electron chi connectivity index (χ3n) is 5.14. The summed E-state index contributed by atoms with van der Waals surface area (Å²) in [5, 5.41) is 2.87. The molecular weight excluding hydrogens is 396 g/mol. The maximum absolute atomic E-state index is 12.6. The van der Waals surface area contributed by atoms with Crippen LogP contribution in [0.5, 0.6) is 5.75 Å². The highest BCUT2D eigenvalue weighted by Gasteiger charge is 2.19. The van der Waals surface area contributed by atoms with E-state index in [1.54, 1.807) is 12.1 Å². The Labute approximate surface area is 183 Å². The van der Waals surface area contributed by atoms with Gasteiger partial charge in [-0.25, -0.2) is 0 Å². The quantitative estimate of drug-likeness (QED) is 0.765. The van der Waals surface area contributed by atoms with Crippen molar-refractivity contribution in [3.63, 3.8) is 0 Å². The van der Waals surface area contributed by atoms with Gasteiger partial charge in [0.05, 0.1) is 0 Å². The molecule has 0 aromatic heterocycles. The molecule has 0 radical (unpaired) electrons. The van der Waals surface area contributed by atoms with Crippen molar-refractivity contribution in [3.8, 4) is 5.75 Å². The number of amides is 2. The third kappa shape index (κ3) is 5.79. The second kappa shape index (κ2) is 9.56. The van der Waals surface area contributed by atoms with Crippen molar-refractivity contribution in [1.29, 1.82) is 0 Å². The lowest BCUT2D eigenvalue weighted by Gasteiger charge is -2.26. The predicted octanol–water partition coefficient (Wildman–Crippen LogP) is 4.50. The van der Waals surface area contributed by atoms with Crippen molar-refractivity contribution in [2.75, 3.05) is 36.5 Å². The molecule has 6 heteroatoms. The van der Waals surface area contributed by atoms with Crippen molar-refractivity contribution in [1.82, 2.24) is 4.90 Å². The fraction of sp³-hybridized carbons (Fsp3) is 0.417. The lowest BCUT2D eigenvalue weighted by atomic mass is 9.87. The van der Waals surface area contributed by atoms with Gasteiger partial charge in [-0.05, 0) is 53.8 Å². The highest BCUT2D eigenvalue weighted by molar-refractivity contribution is 7.99. The van der Waals surface area contributed by atoms with Crippen LogP contribution in [0.3, 0.4) is 0 Å². The summed E-state index contributed by atoms with van der Waals surface area (Å²) in [5.74, 6) is 2.45. The molecule has 1 saturated heterocycles. The molecule has 1 heterocycles. The van der Waals surface area contributed by atoms with Gasteiger partial charge in [0, 0.05) is 35.8 Å². The first-order valence-electron chi connectivity index (χ1n) is 10.2. The highest BCUT2D eigenvalue weighted by atomic mass is 32.2. The van der Waals surface area contributed by atoms with Crippen LogP contribution in [0, 0.1) is 6.92 Å². The van der Waals surface area contributed by atoms with Gasteiger partial charge in [0.1, 0.15) is 5.75 Å². The molecule has 2 aromatic rings. The second-order valence-electron chi connectivity index (χ2n) is 8.55. The van der Waals surface area contributed by atoms with E-state index in [2.05, 4.69) is 26.1 Å². The van der Waals surface area contributed by atoms with Crippen LogP contribution in [0.15, 0.2) is 42.5 Å². The number of carbonyl (C=O) groups is 2. The molecule has 0 bridgehead atoms. The van der Waals surface area contributed by atoms with E-state index in [9.17, 15) is 9.59 Å². The lowest BCUT2D eigenvalue weighted by molar-refractivity contribution is -0.118. The highest BCUT2D eigenvalue weighted by Crippen LogP contribution is 2.24.